The van der Waals surface area contributed by atoms with Crippen molar-refractivity contribution < 1.29 is 29.1 Å². The molecule has 2 aliphatic rings. The van der Waals surface area contributed by atoms with Gasteiger partial charge in [-0.25, -0.2) is 0 Å². The van der Waals surface area contributed by atoms with Crippen LogP contribution in [0.1, 0.15) is 91.9 Å². The maximum atomic E-state index is 13.7. The van der Waals surface area contributed by atoms with Crippen molar-refractivity contribution in [3.8, 4) is 0 Å². The van der Waals surface area contributed by atoms with E-state index in [2.05, 4.69) is 43.5 Å². The third kappa shape index (κ3) is 12.3. The average molecular weight is 635 g/mol. The van der Waals surface area contributed by atoms with Gasteiger partial charge in [0.05, 0.1) is 0 Å². The SMILES string of the molecule is C=CC(O)NC(N)=NCCC[C@@H]1NC(=O)[C@](C)(NC(=O)C(C)C)CCNC(=O)[C@@H](CC2CCCCC2)NC(=O)[C@H](CC)NC1=O. The number of rotatable bonds is 11. The second-order valence-corrected chi connectivity index (χ2v) is 12.5. The summed E-state index contributed by atoms with van der Waals surface area (Å²) < 4.78 is 0. The van der Waals surface area contributed by atoms with Crippen LogP contribution >= 0.6 is 0 Å². The Bertz CT molecular complexity index is 1080. The molecule has 14 nitrogen and oxygen atoms in total. The number of nitrogens with one attached hydrogen (secondary N) is 6. The summed E-state index contributed by atoms with van der Waals surface area (Å²) >= 11 is 0. The Morgan fingerprint density at radius 1 is 1.07 bits per heavy atom. The lowest BCUT2D eigenvalue weighted by molar-refractivity contribution is -0.138. The zero-order chi connectivity index (χ0) is 33.6. The minimum Gasteiger partial charge on any atom is -0.370 e. The number of hydrogen-bond donors (Lipinski definition) is 8. The molecule has 5 amide bonds. The first-order chi connectivity index (χ1) is 21.3. The number of hydrogen-bond acceptors (Lipinski definition) is 7. The number of guanidine groups is 1. The summed E-state index contributed by atoms with van der Waals surface area (Å²) in [7, 11) is 0. The van der Waals surface area contributed by atoms with Crippen LogP contribution in [0.5, 0.6) is 0 Å². The van der Waals surface area contributed by atoms with Gasteiger partial charge < -0.3 is 42.7 Å². The fraction of sp³-hybridized carbons (Fsp3) is 0.742. The molecule has 2 fully saturated rings. The van der Waals surface area contributed by atoms with Crippen molar-refractivity contribution in [3.05, 3.63) is 12.7 Å². The van der Waals surface area contributed by atoms with Crippen LogP contribution < -0.4 is 37.6 Å². The van der Waals surface area contributed by atoms with Crippen molar-refractivity contribution in [2.24, 2.45) is 22.6 Å². The zero-order valence-corrected chi connectivity index (χ0v) is 27.2. The quantitative estimate of drug-likeness (QED) is 0.0510. The summed E-state index contributed by atoms with van der Waals surface area (Å²) in [5, 5.41) is 26.2. The normalized spacial score (nSPS) is 26.9. The maximum absolute atomic E-state index is 13.7. The Hall–Kier alpha value is -3.68. The molecule has 1 aliphatic heterocycles. The van der Waals surface area contributed by atoms with Gasteiger partial charge in [0.25, 0.3) is 0 Å². The van der Waals surface area contributed by atoms with Crippen molar-refractivity contribution in [2.45, 2.75) is 122 Å². The molecule has 0 aromatic rings. The Morgan fingerprint density at radius 2 is 1.71 bits per heavy atom. The highest BCUT2D eigenvalue weighted by molar-refractivity contribution is 5.97. The van der Waals surface area contributed by atoms with Gasteiger partial charge in [0.1, 0.15) is 29.9 Å². The van der Waals surface area contributed by atoms with Crippen molar-refractivity contribution in [2.75, 3.05) is 13.1 Å². The highest BCUT2D eigenvalue weighted by Gasteiger charge is 2.39. The van der Waals surface area contributed by atoms with Crippen LogP contribution in [-0.4, -0.2) is 83.6 Å². The first kappa shape index (κ1) is 37.5. The summed E-state index contributed by atoms with van der Waals surface area (Å²) in [6.45, 7) is 10.4. The van der Waals surface area contributed by atoms with Crippen LogP contribution in [0.4, 0.5) is 0 Å². The summed E-state index contributed by atoms with van der Waals surface area (Å²) in [5.74, 6) is -2.50. The van der Waals surface area contributed by atoms with Gasteiger partial charge in [-0.2, -0.15) is 0 Å². The lowest BCUT2D eigenvalue weighted by Crippen LogP contribution is -2.63. The van der Waals surface area contributed by atoms with Gasteiger partial charge in [-0.15, -0.1) is 0 Å². The van der Waals surface area contributed by atoms with E-state index in [0.717, 1.165) is 32.1 Å². The van der Waals surface area contributed by atoms with Gasteiger partial charge in [0.2, 0.25) is 29.5 Å². The average Bonchev–Trinajstić information content (AvgIpc) is 3.00. The van der Waals surface area contributed by atoms with Crippen LogP contribution in [0, 0.1) is 11.8 Å². The summed E-state index contributed by atoms with van der Waals surface area (Å²) in [5.41, 5.74) is 4.32. The van der Waals surface area contributed by atoms with Gasteiger partial charge in [0.15, 0.2) is 5.96 Å². The Morgan fingerprint density at radius 3 is 2.33 bits per heavy atom. The molecule has 0 aromatic heterocycles. The van der Waals surface area contributed by atoms with E-state index >= 15 is 0 Å². The van der Waals surface area contributed by atoms with Gasteiger partial charge in [0, 0.05) is 19.0 Å². The summed E-state index contributed by atoms with van der Waals surface area (Å²) in [4.78, 5) is 70.9. The number of nitrogens with two attached hydrogens (primary N) is 1. The van der Waals surface area contributed by atoms with Gasteiger partial charge in [-0.05, 0) is 51.0 Å². The van der Waals surface area contributed by atoms with Crippen LogP contribution in [0.3, 0.4) is 0 Å². The van der Waals surface area contributed by atoms with Crippen molar-refractivity contribution in [1.82, 2.24) is 31.9 Å². The molecule has 1 aliphatic carbocycles. The molecule has 14 heteroatoms. The first-order valence-electron chi connectivity index (χ1n) is 16.2. The molecular weight excluding hydrogens is 580 g/mol. The molecule has 0 spiro atoms. The van der Waals surface area contributed by atoms with Gasteiger partial charge >= 0.3 is 0 Å². The minimum atomic E-state index is -1.45. The van der Waals surface area contributed by atoms with E-state index in [1.54, 1.807) is 27.7 Å². The molecule has 1 heterocycles. The van der Waals surface area contributed by atoms with E-state index < -0.39 is 53.5 Å². The number of aliphatic hydroxyl groups excluding tert-OH is 1. The molecular formula is C31H54N8O6. The highest BCUT2D eigenvalue weighted by Crippen LogP contribution is 2.27. The fourth-order valence-electron chi connectivity index (χ4n) is 5.43. The van der Waals surface area contributed by atoms with E-state index in [1.165, 1.54) is 6.08 Å². The van der Waals surface area contributed by atoms with Crippen LogP contribution in [-0.2, 0) is 24.0 Å². The predicted molar refractivity (Wildman–Crippen MR) is 171 cm³/mol. The molecule has 0 aromatic carbocycles. The largest absolute Gasteiger partial charge is 0.370 e. The van der Waals surface area contributed by atoms with Crippen LogP contribution in [0.15, 0.2) is 17.6 Å². The maximum Gasteiger partial charge on any atom is 0.246 e. The third-order valence-corrected chi connectivity index (χ3v) is 8.39. The third-order valence-electron chi connectivity index (χ3n) is 8.39. The number of amides is 5. The van der Waals surface area contributed by atoms with Crippen LogP contribution in [0.25, 0.3) is 0 Å². The zero-order valence-electron chi connectivity index (χ0n) is 27.2. The Kier molecular flexibility index (Phi) is 15.3. The number of aliphatic hydroxyl groups is 1. The monoisotopic (exact) mass is 634 g/mol. The Balaban J connectivity index is 2.34. The van der Waals surface area contributed by atoms with E-state index in [1.807, 2.05) is 0 Å². The molecule has 45 heavy (non-hydrogen) atoms. The van der Waals surface area contributed by atoms with E-state index in [-0.39, 0.29) is 50.1 Å². The van der Waals surface area contributed by atoms with Crippen LogP contribution in [0.2, 0.25) is 0 Å². The number of aliphatic imine (C=N–C) groups is 1. The molecule has 254 valence electrons. The molecule has 1 saturated heterocycles. The minimum absolute atomic E-state index is 0.0154. The Labute approximate surface area is 266 Å². The number of nitrogens with zero attached hydrogens (tertiary/aromatic N) is 1. The molecule has 1 unspecified atom stereocenters. The molecule has 5 atom stereocenters. The second-order valence-electron chi connectivity index (χ2n) is 12.5. The molecule has 1 saturated carbocycles. The van der Waals surface area contributed by atoms with Crippen molar-refractivity contribution >= 4 is 35.5 Å². The first-order valence-corrected chi connectivity index (χ1v) is 16.2. The van der Waals surface area contributed by atoms with Gasteiger partial charge in [-0.1, -0.05) is 59.5 Å². The number of carbonyl (C=O) groups is 5. The lowest BCUT2D eigenvalue weighted by atomic mass is 9.84. The predicted octanol–water partition coefficient (Wildman–Crippen LogP) is 0.0609. The fourth-order valence-corrected chi connectivity index (χ4v) is 5.43. The molecule has 0 radical (unpaired) electrons. The molecule has 0 bridgehead atoms. The van der Waals surface area contributed by atoms with Gasteiger partial charge in [-0.3, -0.25) is 29.0 Å². The number of carbonyl (C=O) groups excluding carboxylic acids is 5. The molecule has 9 N–H and O–H groups in total. The molecule has 2 rings (SSSR count). The lowest BCUT2D eigenvalue weighted by Gasteiger charge is -2.34. The second kappa shape index (κ2) is 18.3. The standard InChI is InChI=1S/C31H54N8O6/c1-6-21-27(43)36-23(18-20-12-9-8-10-13-20)26(42)33-17-15-31(5,39-25(41)19(3)4)29(45)37-22(28(44)35-21)14-11-16-34-30(32)38-24(40)7-2/h7,19-24,40H,2,6,8-18H2,1,3-5H3,(H,33,42)(H,35,44)(H,36,43)(H,37,45)(H,39,41)(H3,32,34,38)/t21-,22-,23+,24?,31+/m0/s1. The van der Waals surface area contributed by atoms with Crippen molar-refractivity contribution in [3.63, 3.8) is 0 Å². The smallest absolute Gasteiger partial charge is 0.246 e. The van der Waals surface area contributed by atoms with E-state index in [4.69, 9.17) is 5.73 Å². The topological polar surface area (TPSA) is 216 Å². The van der Waals surface area contributed by atoms with E-state index in [9.17, 15) is 29.1 Å². The van der Waals surface area contributed by atoms with Crippen molar-refractivity contribution in [1.29, 1.82) is 0 Å². The summed E-state index contributed by atoms with van der Waals surface area (Å²) in [6, 6.07) is -2.80. The summed E-state index contributed by atoms with van der Waals surface area (Å²) in [6.07, 6.45) is 6.72. The highest BCUT2D eigenvalue weighted by atomic mass is 16.3. The van der Waals surface area contributed by atoms with E-state index in [0.29, 0.717) is 18.8 Å².